The predicted octanol–water partition coefficient (Wildman–Crippen LogP) is 1.00. The first-order chi connectivity index (χ1) is 5.88. The van der Waals surface area contributed by atoms with Gasteiger partial charge in [-0.2, -0.15) is 0 Å². The van der Waals surface area contributed by atoms with E-state index >= 15 is 0 Å². The van der Waals surface area contributed by atoms with Gasteiger partial charge in [0.2, 0.25) is 0 Å². The van der Waals surface area contributed by atoms with Gasteiger partial charge in [0, 0.05) is 6.04 Å². The van der Waals surface area contributed by atoms with Gasteiger partial charge in [-0.05, 0) is 12.5 Å². The van der Waals surface area contributed by atoms with Gasteiger partial charge in [-0.15, -0.1) is 0 Å². The third-order valence-corrected chi connectivity index (χ3v) is 2.25. The van der Waals surface area contributed by atoms with Gasteiger partial charge in [0.15, 0.2) is 0 Å². The highest BCUT2D eigenvalue weighted by atomic mass is 16.5. The molecule has 1 aliphatic rings. The lowest BCUT2D eigenvalue weighted by atomic mass is 10.0. The zero-order chi connectivity index (χ0) is 8.39. The molecule has 0 radical (unpaired) electrons. The molecule has 2 atom stereocenters. The minimum Gasteiger partial charge on any atom is -0.416 e. The first-order valence-corrected chi connectivity index (χ1v) is 4.28. The van der Waals surface area contributed by atoms with E-state index in [1.165, 1.54) is 5.56 Å². The minimum atomic E-state index is 0.228. The van der Waals surface area contributed by atoms with Crippen molar-refractivity contribution in [1.82, 2.24) is 5.23 Å². The maximum absolute atomic E-state index is 5.54. The van der Waals surface area contributed by atoms with Crippen LogP contribution < -0.4 is 5.23 Å². The standard InChI is InChI=1S/C9H12BNO/c1-7-9(12-10-11-7)8-5-3-2-4-6-8/h2-7,9-11H,1H3. The topological polar surface area (TPSA) is 21.3 Å². The molecule has 1 N–H and O–H groups in total. The zero-order valence-electron chi connectivity index (χ0n) is 7.16. The van der Waals surface area contributed by atoms with E-state index in [2.05, 4.69) is 24.3 Å². The third-order valence-electron chi connectivity index (χ3n) is 2.25. The summed E-state index contributed by atoms with van der Waals surface area (Å²) in [6.45, 7) is 2.14. The molecule has 2 unspecified atom stereocenters. The SMILES string of the molecule is CC1NBOC1c1ccccc1. The van der Waals surface area contributed by atoms with Gasteiger partial charge in [0.05, 0.1) is 6.10 Å². The van der Waals surface area contributed by atoms with E-state index in [-0.39, 0.29) is 6.10 Å². The monoisotopic (exact) mass is 161 g/mol. The molecule has 0 spiro atoms. The van der Waals surface area contributed by atoms with E-state index in [1.54, 1.807) is 0 Å². The molecular weight excluding hydrogens is 149 g/mol. The predicted molar refractivity (Wildman–Crippen MR) is 50.0 cm³/mol. The molecule has 1 saturated heterocycles. The first kappa shape index (κ1) is 7.83. The molecular formula is C9H12BNO. The lowest BCUT2D eigenvalue weighted by Gasteiger charge is -2.14. The molecule has 2 rings (SSSR count). The van der Waals surface area contributed by atoms with Gasteiger partial charge in [-0.3, -0.25) is 0 Å². The van der Waals surface area contributed by atoms with E-state index in [0.29, 0.717) is 13.7 Å². The Morgan fingerprint density at radius 1 is 1.33 bits per heavy atom. The highest BCUT2D eigenvalue weighted by Gasteiger charge is 2.25. The Bertz CT molecular complexity index is 252. The second-order valence-electron chi connectivity index (χ2n) is 3.14. The lowest BCUT2D eigenvalue weighted by molar-refractivity contribution is 0.228. The molecule has 1 aromatic carbocycles. The average Bonchev–Trinajstić information content (AvgIpc) is 2.53. The Kier molecular flexibility index (Phi) is 2.15. The molecule has 3 heteroatoms. The highest BCUT2D eigenvalue weighted by Crippen LogP contribution is 2.23. The fourth-order valence-corrected chi connectivity index (χ4v) is 1.55. The maximum Gasteiger partial charge on any atom is 0.361 e. The molecule has 1 aromatic rings. The van der Waals surface area contributed by atoms with Crippen LogP contribution in [0.25, 0.3) is 0 Å². The van der Waals surface area contributed by atoms with Gasteiger partial charge in [-0.1, -0.05) is 30.3 Å². The number of hydrogen-bond donors (Lipinski definition) is 1. The molecule has 12 heavy (non-hydrogen) atoms. The van der Waals surface area contributed by atoms with Crippen molar-refractivity contribution in [2.24, 2.45) is 0 Å². The first-order valence-electron chi connectivity index (χ1n) is 4.28. The summed E-state index contributed by atoms with van der Waals surface area (Å²) in [6, 6.07) is 10.7. The van der Waals surface area contributed by atoms with Crippen LogP contribution in [0.15, 0.2) is 30.3 Å². The Morgan fingerprint density at radius 3 is 2.67 bits per heavy atom. The fraction of sp³-hybridized carbons (Fsp3) is 0.333. The van der Waals surface area contributed by atoms with E-state index in [9.17, 15) is 0 Å². The molecule has 0 saturated carbocycles. The molecule has 62 valence electrons. The van der Waals surface area contributed by atoms with Crippen LogP contribution in [-0.4, -0.2) is 13.7 Å². The average molecular weight is 161 g/mol. The second kappa shape index (κ2) is 3.29. The summed E-state index contributed by atoms with van der Waals surface area (Å²) >= 11 is 0. The Balaban J connectivity index is 2.19. The number of nitrogens with one attached hydrogen (secondary N) is 1. The summed E-state index contributed by atoms with van der Waals surface area (Å²) in [5, 5.41) is 3.25. The summed E-state index contributed by atoms with van der Waals surface area (Å²) in [5.41, 5.74) is 1.26. The van der Waals surface area contributed by atoms with E-state index in [1.807, 2.05) is 18.2 Å². The van der Waals surface area contributed by atoms with Crippen LogP contribution in [0.1, 0.15) is 18.6 Å². The normalized spacial score (nSPS) is 28.4. The van der Waals surface area contributed by atoms with Crippen LogP contribution in [-0.2, 0) is 4.65 Å². The van der Waals surface area contributed by atoms with Crippen molar-refractivity contribution < 1.29 is 4.65 Å². The number of benzene rings is 1. The summed E-state index contributed by atoms with van der Waals surface area (Å²) in [5.74, 6) is 0. The highest BCUT2D eigenvalue weighted by molar-refractivity contribution is 6.24. The van der Waals surface area contributed by atoms with Crippen LogP contribution in [0.4, 0.5) is 0 Å². The van der Waals surface area contributed by atoms with Crippen molar-refractivity contribution in [3.05, 3.63) is 35.9 Å². The van der Waals surface area contributed by atoms with Crippen LogP contribution in [0.5, 0.6) is 0 Å². The van der Waals surface area contributed by atoms with Crippen LogP contribution in [0.3, 0.4) is 0 Å². The smallest absolute Gasteiger partial charge is 0.361 e. The van der Waals surface area contributed by atoms with Crippen molar-refractivity contribution in [2.45, 2.75) is 19.1 Å². The second-order valence-corrected chi connectivity index (χ2v) is 3.14. The van der Waals surface area contributed by atoms with Crippen LogP contribution in [0, 0.1) is 0 Å². The zero-order valence-corrected chi connectivity index (χ0v) is 7.16. The molecule has 0 aliphatic carbocycles. The third kappa shape index (κ3) is 1.38. The molecule has 0 bridgehead atoms. The maximum atomic E-state index is 5.54. The van der Waals surface area contributed by atoms with Gasteiger partial charge >= 0.3 is 7.62 Å². The molecule has 1 aliphatic heterocycles. The quantitative estimate of drug-likeness (QED) is 0.620. The largest absolute Gasteiger partial charge is 0.416 e. The number of rotatable bonds is 1. The summed E-state index contributed by atoms with van der Waals surface area (Å²) < 4.78 is 5.54. The van der Waals surface area contributed by atoms with E-state index in [4.69, 9.17) is 4.65 Å². The van der Waals surface area contributed by atoms with Crippen molar-refractivity contribution in [2.75, 3.05) is 0 Å². The number of hydrogen-bond acceptors (Lipinski definition) is 2. The molecule has 1 heterocycles. The molecule has 1 fully saturated rings. The van der Waals surface area contributed by atoms with Crippen LogP contribution >= 0.6 is 0 Å². The van der Waals surface area contributed by atoms with E-state index in [0.717, 1.165) is 0 Å². The molecule has 2 nitrogen and oxygen atoms in total. The van der Waals surface area contributed by atoms with Crippen molar-refractivity contribution >= 4 is 7.62 Å². The Labute approximate surface area is 73.2 Å². The molecule has 0 aromatic heterocycles. The minimum absolute atomic E-state index is 0.228. The van der Waals surface area contributed by atoms with E-state index < -0.39 is 0 Å². The van der Waals surface area contributed by atoms with Gasteiger partial charge < -0.3 is 9.88 Å². The molecule has 0 amide bonds. The Morgan fingerprint density at radius 2 is 2.08 bits per heavy atom. The fourth-order valence-electron chi connectivity index (χ4n) is 1.55. The summed E-state index contributed by atoms with van der Waals surface area (Å²) in [7, 11) is 0.667. The van der Waals surface area contributed by atoms with Crippen molar-refractivity contribution in [1.29, 1.82) is 0 Å². The summed E-state index contributed by atoms with van der Waals surface area (Å²) in [6.07, 6.45) is 0.228. The van der Waals surface area contributed by atoms with Gasteiger partial charge in [0.1, 0.15) is 0 Å². The van der Waals surface area contributed by atoms with Crippen molar-refractivity contribution in [3.63, 3.8) is 0 Å². The Hall–Kier alpha value is -0.795. The van der Waals surface area contributed by atoms with Crippen molar-refractivity contribution in [3.8, 4) is 0 Å². The summed E-state index contributed by atoms with van der Waals surface area (Å²) in [4.78, 5) is 0. The lowest BCUT2D eigenvalue weighted by Crippen LogP contribution is -2.22. The van der Waals surface area contributed by atoms with Gasteiger partial charge in [-0.25, -0.2) is 0 Å². The van der Waals surface area contributed by atoms with Gasteiger partial charge in [0.25, 0.3) is 0 Å². The van der Waals surface area contributed by atoms with Crippen LogP contribution in [0.2, 0.25) is 0 Å².